The van der Waals surface area contributed by atoms with Gasteiger partial charge >= 0.3 is 0 Å². The van der Waals surface area contributed by atoms with Crippen LogP contribution < -0.4 is 5.32 Å². The predicted octanol–water partition coefficient (Wildman–Crippen LogP) is 4.40. The molecule has 3 aromatic heterocycles. The molecule has 0 saturated carbocycles. The molecule has 0 unspecified atom stereocenters. The highest BCUT2D eigenvalue weighted by Crippen LogP contribution is 2.24. The monoisotopic (exact) mass is 388 g/mol. The van der Waals surface area contributed by atoms with Crippen LogP contribution >= 0.6 is 0 Å². The lowest BCUT2D eigenvalue weighted by molar-refractivity contribution is -0.111. The average Bonchev–Trinajstić information content (AvgIpc) is 3.39. The molecule has 3 heterocycles. The zero-order chi connectivity index (χ0) is 20.5. The molecule has 4 aromatic rings. The standard InChI is InChI=1S/C22H24N6O/c1-14(2)28-21(10-11-24-28)27-15(3)12-17(16(27)4)8-9-20(29)25-19-7-5-6-18-13-23-26-22(18)19/h5-14H,1-4H3,(H,23,26)(H,25,29)/b9-8+. The Labute approximate surface area is 169 Å². The highest BCUT2D eigenvalue weighted by molar-refractivity contribution is 6.06. The number of benzene rings is 1. The van der Waals surface area contributed by atoms with Gasteiger partial charge in [0.1, 0.15) is 5.82 Å². The Morgan fingerprint density at radius 3 is 2.86 bits per heavy atom. The number of aromatic nitrogens is 5. The van der Waals surface area contributed by atoms with Gasteiger partial charge in [0.15, 0.2) is 0 Å². The van der Waals surface area contributed by atoms with Crippen molar-refractivity contribution in [2.24, 2.45) is 0 Å². The van der Waals surface area contributed by atoms with Crippen LogP contribution in [0.25, 0.3) is 22.8 Å². The molecule has 0 saturated heterocycles. The van der Waals surface area contributed by atoms with E-state index in [-0.39, 0.29) is 11.9 Å². The van der Waals surface area contributed by atoms with Crippen molar-refractivity contribution in [1.82, 2.24) is 24.5 Å². The van der Waals surface area contributed by atoms with Crippen molar-refractivity contribution in [3.05, 3.63) is 65.8 Å². The van der Waals surface area contributed by atoms with E-state index >= 15 is 0 Å². The second-order valence-electron chi connectivity index (χ2n) is 7.35. The molecule has 1 amide bonds. The largest absolute Gasteiger partial charge is 0.321 e. The molecule has 0 fully saturated rings. The number of carbonyl (C=O) groups is 1. The maximum absolute atomic E-state index is 12.5. The summed E-state index contributed by atoms with van der Waals surface area (Å²) in [5.74, 6) is 0.828. The van der Waals surface area contributed by atoms with Crippen LogP contribution in [0.15, 0.2) is 48.8 Å². The van der Waals surface area contributed by atoms with Gasteiger partial charge in [0, 0.05) is 35.0 Å². The lowest BCUT2D eigenvalue weighted by atomic mass is 10.2. The van der Waals surface area contributed by atoms with Gasteiger partial charge < -0.3 is 9.88 Å². The number of H-pyrrole nitrogens is 1. The summed E-state index contributed by atoms with van der Waals surface area (Å²) in [7, 11) is 0. The number of rotatable bonds is 5. The van der Waals surface area contributed by atoms with Crippen molar-refractivity contribution in [3.8, 4) is 5.82 Å². The summed E-state index contributed by atoms with van der Waals surface area (Å²) in [6.07, 6.45) is 6.95. The number of nitrogens with one attached hydrogen (secondary N) is 2. The summed E-state index contributed by atoms with van der Waals surface area (Å²) in [5, 5.41) is 15.2. The third-order valence-electron chi connectivity index (χ3n) is 4.99. The third kappa shape index (κ3) is 3.47. The van der Waals surface area contributed by atoms with Crippen LogP contribution in [0.2, 0.25) is 0 Å². The molecule has 4 rings (SSSR count). The molecule has 0 aliphatic heterocycles. The first-order chi connectivity index (χ1) is 14.0. The van der Waals surface area contributed by atoms with E-state index in [1.807, 2.05) is 48.1 Å². The maximum atomic E-state index is 12.5. The second kappa shape index (κ2) is 7.43. The van der Waals surface area contributed by atoms with Gasteiger partial charge in [0.2, 0.25) is 5.91 Å². The normalized spacial score (nSPS) is 11.8. The van der Waals surface area contributed by atoms with Crippen LogP contribution in [-0.4, -0.2) is 30.5 Å². The molecule has 0 bridgehead atoms. The summed E-state index contributed by atoms with van der Waals surface area (Å²) in [6, 6.07) is 10.0. The molecule has 0 spiro atoms. The molecule has 7 nitrogen and oxygen atoms in total. The molecular formula is C22H24N6O. The summed E-state index contributed by atoms with van der Waals surface area (Å²) < 4.78 is 4.15. The Bertz CT molecular complexity index is 1210. The lowest BCUT2D eigenvalue weighted by Crippen LogP contribution is -2.11. The highest BCUT2D eigenvalue weighted by atomic mass is 16.1. The van der Waals surface area contributed by atoms with Gasteiger partial charge in [0.25, 0.3) is 0 Å². The van der Waals surface area contributed by atoms with Crippen molar-refractivity contribution in [3.63, 3.8) is 0 Å². The van der Waals surface area contributed by atoms with E-state index in [2.05, 4.69) is 52.0 Å². The van der Waals surface area contributed by atoms with E-state index in [4.69, 9.17) is 0 Å². The van der Waals surface area contributed by atoms with Gasteiger partial charge in [-0.05, 0) is 51.5 Å². The van der Waals surface area contributed by atoms with E-state index in [0.29, 0.717) is 5.69 Å². The smallest absolute Gasteiger partial charge is 0.248 e. The third-order valence-corrected chi connectivity index (χ3v) is 4.99. The molecule has 2 N–H and O–H groups in total. The number of amides is 1. The number of aryl methyl sites for hydroxylation is 1. The minimum absolute atomic E-state index is 0.191. The number of fused-ring (bicyclic) bond motifs is 1. The van der Waals surface area contributed by atoms with Crippen LogP contribution in [0.1, 0.15) is 36.8 Å². The Hall–Kier alpha value is -3.61. The van der Waals surface area contributed by atoms with Gasteiger partial charge in [0.05, 0.1) is 23.6 Å². The predicted molar refractivity (Wildman–Crippen MR) is 115 cm³/mol. The molecule has 7 heteroatoms. The van der Waals surface area contributed by atoms with Crippen LogP contribution in [-0.2, 0) is 4.79 Å². The summed E-state index contributed by atoms with van der Waals surface area (Å²) in [6.45, 7) is 8.32. The Kier molecular flexibility index (Phi) is 4.80. The minimum atomic E-state index is -0.191. The van der Waals surface area contributed by atoms with E-state index in [0.717, 1.165) is 33.7 Å². The number of hydrogen-bond acceptors (Lipinski definition) is 3. The maximum Gasteiger partial charge on any atom is 0.248 e. The fraction of sp³-hybridized carbons (Fsp3) is 0.227. The van der Waals surface area contributed by atoms with Crippen molar-refractivity contribution < 1.29 is 4.79 Å². The van der Waals surface area contributed by atoms with E-state index in [1.165, 1.54) is 0 Å². The van der Waals surface area contributed by atoms with E-state index < -0.39 is 0 Å². The molecule has 29 heavy (non-hydrogen) atoms. The summed E-state index contributed by atoms with van der Waals surface area (Å²) in [4.78, 5) is 12.5. The van der Waals surface area contributed by atoms with Crippen LogP contribution in [0.5, 0.6) is 0 Å². The zero-order valence-electron chi connectivity index (χ0n) is 17.0. The Morgan fingerprint density at radius 2 is 2.07 bits per heavy atom. The van der Waals surface area contributed by atoms with Crippen LogP contribution in [0.3, 0.4) is 0 Å². The molecule has 1 aromatic carbocycles. The number of para-hydroxylation sites is 1. The number of nitrogens with zero attached hydrogens (tertiary/aromatic N) is 4. The minimum Gasteiger partial charge on any atom is -0.321 e. The van der Waals surface area contributed by atoms with Crippen LogP contribution in [0, 0.1) is 13.8 Å². The molecule has 148 valence electrons. The van der Waals surface area contributed by atoms with Crippen molar-refractivity contribution in [2.45, 2.75) is 33.7 Å². The van der Waals surface area contributed by atoms with Crippen molar-refractivity contribution >= 4 is 28.6 Å². The second-order valence-corrected chi connectivity index (χ2v) is 7.35. The van der Waals surface area contributed by atoms with Crippen molar-refractivity contribution in [1.29, 1.82) is 0 Å². The molecular weight excluding hydrogens is 364 g/mol. The molecule has 0 aliphatic carbocycles. The first-order valence-corrected chi connectivity index (χ1v) is 9.59. The first-order valence-electron chi connectivity index (χ1n) is 9.59. The number of carbonyl (C=O) groups excluding carboxylic acids is 1. The topological polar surface area (TPSA) is 80.5 Å². The average molecular weight is 388 g/mol. The molecule has 0 aliphatic rings. The fourth-order valence-corrected chi connectivity index (χ4v) is 3.60. The Balaban J connectivity index is 1.58. The zero-order valence-corrected chi connectivity index (χ0v) is 17.0. The number of anilines is 1. The van der Waals surface area contributed by atoms with Crippen molar-refractivity contribution in [2.75, 3.05) is 5.32 Å². The quantitative estimate of drug-likeness (QED) is 0.497. The van der Waals surface area contributed by atoms with Gasteiger partial charge in [-0.3, -0.25) is 9.89 Å². The van der Waals surface area contributed by atoms with Gasteiger partial charge in [-0.15, -0.1) is 0 Å². The van der Waals surface area contributed by atoms with E-state index in [1.54, 1.807) is 12.3 Å². The van der Waals surface area contributed by atoms with Gasteiger partial charge in [-0.25, -0.2) is 4.68 Å². The number of hydrogen-bond donors (Lipinski definition) is 2. The van der Waals surface area contributed by atoms with Crippen LogP contribution in [0.4, 0.5) is 5.69 Å². The Morgan fingerprint density at radius 1 is 1.24 bits per heavy atom. The molecule has 0 radical (unpaired) electrons. The first kappa shape index (κ1) is 18.7. The lowest BCUT2D eigenvalue weighted by Gasteiger charge is -2.15. The fourth-order valence-electron chi connectivity index (χ4n) is 3.60. The highest BCUT2D eigenvalue weighted by Gasteiger charge is 2.14. The molecule has 0 atom stereocenters. The SMILES string of the molecule is Cc1cc(/C=C/C(=O)Nc2cccc3cn[nH]c23)c(C)n1-c1ccnn1C(C)C. The summed E-state index contributed by atoms with van der Waals surface area (Å²) in [5.41, 5.74) is 4.67. The van der Waals surface area contributed by atoms with Gasteiger partial charge in [-0.2, -0.15) is 10.2 Å². The summed E-state index contributed by atoms with van der Waals surface area (Å²) >= 11 is 0. The number of aromatic amines is 1. The van der Waals surface area contributed by atoms with E-state index in [9.17, 15) is 4.79 Å². The van der Waals surface area contributed by atoms with Gasteiger partial charge in [-0.1, -0.05) is 12.1 Å².